The second-order valence-electron chi connectivity index (χ2n) is 4.74. The lowest BCUT2D eigenvalue weighted by atomic mass is 9.74. The molecular formula is C12H24S. The first-order valence-electron chi connectivity index (χ1n) is 5.88. The Balaban J connectivity index is 2.35. The van der Waals surface area contributed by atoms with Gasteiger partial charge in [0.1, 0.15) is 0 Å². The van der Waals surface area contributed by atoms with Gasteiger partial charge in [-0.25, -0.2) is 0 Å². The van der Waals surface area contributed by atoms with Gasteiger partial charge in [-0.05, 0) is 29.9 Å². The van der Waals surface area contributed by atoms with Crippen molar-refractivity contribution in [3.05, 3.63) is 0 Å². The molecule has 0 aromatic heterocycles. The smallest absolute Gasteiger partial charge is 0.00720 e. The van der Waals surface area contributed by atoms with E-state index >= 15 is 0 Å². The summed E-state index contributed by atoms with van der Waals surface area (Å²) in [5.41, 5.74) is 0. The molecule has 0 bridgehead atoms. The lowest BCUT2D eigenvalue weighted by molar-refractivity contribution is 0.200. The van der Waals surface area contributed by atoms with Crippen LogP contribution in [0.4, 0.5) is 0 Å². The predicted molar refractivity (Wildman–Crippen MR) is 63.4 cm³/mol. The summed E-state index contributed by atoms with van der Waals surface area (Å²) in [6.07, 6.45) is 8.73. The van der Waals surface area contributed by atoms with Crippen LogP contribution in [0.1, 0.15) is 52.4 Å². The van der Waals surface area contributed by atoms with Crippen molar-refractivity contribution in [2.75, 3.05) is 5.75 Å². The van der Waals surface area contributed by atoms with Crippen LogP contribution in [0.2, 0.25) is 0 Å². The van der Waals surface area contributed by atoms with Crippen LogP contribution in [-0.2, 0) is 0 Å². The molecule has 78 valence electrons. The van der Waals surface area contributed by atoms with Crippen molar-refractivity contribution in [3.63, 3.8) is 0 Å². The molecule has 1 rings (SSSR count). The minimum Gasteiger partial charge on any atom is -0.179 e. The molecule has 13 heavy (non-hydrogen) atoms. The molecule has 0 N–H and O–H groups in total. The largest absolute Gasteiger partial charge is 0.179 e. The molecule has 0 saturated heterocycles. The minimum absolute atomic E-state index is 0.820. The van der Waals surface area contributed by atoms with Crippen LogP contribution in [0.15, 0.2) is 0 Å². The molecule has 1 aliphatic rings. The Morgan fingerprint density at radius 2 is 1.85 bits per heavy atom. The predicted octanol–water partition coefficient (Wildman–Crippen LogP) is 4.16. The first-order chi connectivity index (χ1) is 6.27. The SMILES string of the molecule is CCC1CCCCC1CC(C)CS. The van der Waals surface area contributed by atoms with Crippen molar-refractivity contribution in [1.29, 1.82) is 0 Å². The number of rotatable bonds is 4. The Morgan fingerprint density at radius 1 is 1.23 bits per heavy atom. The van der Waals surface area contributed by atoms with Crippen LogP contribution >= 0.6 is 12.6 Å². The van der Waals surface area contributed by atoms with Crippen LogP contribution in [0, 0.1) is 17.8 Å². The van der Waals surface area contributed by atoms with Gasteiger partial charge in [0.15, 0.2) is 0 Å². The van der Waals surface area contributed by atoms with Gasteiger partial charge in [0.05, 0.1) is 0 Å². The number of thiol groups is 1. The maximum Gasteiger partial charge on any atom is -0.00720 e. The first kappa shape index (κ1) is 11.4. The van der Waals surface area contributed by atoms with E-state index in [1.165, 1.54) is 38.5 Å². The molecule has 3 atom stereocenters. The van der Waals surface area contributed by atoms with Gasteiger partial charge < -0.3 is 0 Å². The fourth-order valence-electron chi connectivity index (χ4n) is 2.72. The Morgan fingerprint density at radius 3 is 2.38 bits per heavy atom. The highest BCUT2D eigenvalue weighted by Gasteiger charge is 2.24. The molecule has 0 nitrogen and oxygen atoms in total. The Bertz CT molecular complexity index is 133. The van der Waals surface area contributed by atoms with Crippen LogP contribution in [-0.4, -0.2) is 5.75 Å². The first-order valence-corrected chi connectivity index (χ1v) is 6.52. The van der Waals surface area contributed by atoms with Gasteiger partial charge in [0, 0.05) is 0 Å². The standard InChI is InChI=1S/C12H24S/c1-3-11-6-4-5-7-12(11)8-10(2)9-13/h10-13H,3-9H2,1-2H3. The summed E-state index contributed by atoms with van der Waals surface area (Å²) in [4.78, 5) is 0. The molecule has 1 aliphatic carbocycles. The Hall–Kier alpha value is 0.350. The van der Waals surface area contributed by atoms with E-state index in [4.69, 9.17) is 0 Å². The van der Waals surface area contributed by atoms with Crippen molar-refractivity contribution in [2.45, 2.75) is 52.4 Å². The highest BCUT2D eigenvalue weighted by atomic mass is 32.1. The highest BCUT2D eigenvalue weighted by Crippen LogP contribution is 2.36. The van der Waals surface area contributed by atoms with Crippen LogP contribution < -0.4 is 0 Å². The second-order valence-corrected chi connectivity index (χ2v) is 5.10. The van der Waals surface area contributed by atoms with E-state index in [-0.39, 0.29) is 0 Å². The number of hydrogen-bond donors (Lipinski definition) is 1. The molecule has 0 heterocycles. The molecule has 0 aromatic rings. The summed E-state index contributed by atoms with van der Waals surface area (Å²) in [5, 5.41) is 0. The van der Waals surface area contributed by atoms with Gasteiger partial charge in [0.25, 0.3) is 0 Å². The van der Waals surface area contributed by atoms with Crippen molar-refractivity contribution in [1.82, 2.24) is 0 Å². The maximum absolute atomic E-state index is 4.37. The third-order valence-corrected chi connectivity index (χ3v) is 4.23. The minimum atomic E-state index is 0.820. The van der Waals surface area contributed by atoms with Crippen molar-refractivity contribution < 1.29 is 0 Å². The molecule has 0 amide bonds. The second kappa shape index (κ2) is 5.95. The molecule has 0 aliphatic heterocycles. The Labute approximate surface area is 88.9 Å². The average molecular weight is 200 g/mol. The summed E-state index contributed by atoms with van der Waals surface area (Å²) in [6.45, 7) is 4.70. The molecule has 1 saturated carbocycles. The summed E-state index contributed by atoms with van der Waals surface area (Å²) in [7, 11) is 0. The van der Waals surface area contributed by atoms with E-state index in [9.17, 15) is 0 Å². The normalized spacial score (nSPS) is 31.6. The third-order valence-electron chi connectivity index (χ3n) is 3.61. The Kier molecular flexibility index (Phi) is 5.23. The molecule has 1 fully saturated rings. The highest BCUT2D eigenvalue weighted by molar-refractivity contribution is 7.80. The van der Waals surface area contributed by atoms with Crippen molar-refractivity contribution >= 4 is 12.6 Å². The molecule has 1 heteroatoms. The van der Waals surface area contributed by atoms with Gasteiger partial charge in [0.2, 0.25) is 0 Å². The summed E-state index contributed by atoms with van der Waals surface area (Å²) in [6, 6.07) is 0. The summed E-state index contributed by atoms with van der Waals surface area (Å²) in [5.74, 6) is 3.92. The van der Waals surface area contributed by atoms with Gasteiger partial charge in [-0.2, -0.15) is 12.6 Å². The molecule has 0 spiro atoms. The molecule has 3 unspecified atom stereocenters. The third kappa shape index (κ3) is 3.53. The van der Waals surface area contributed by atoms with Crippen LogP contribution in [0.3, 0.4) is 0 Å². The maximum atomic E-state index is 4.37. The quantitative estimate of drug-likeness (QED) is 0.647. The summed E-state index contributed by atoms with van der Waals surface area (Å²) >= 11 is 4.37. The fraction of sp³-hybridized carbons (Fsp3) is 1.00. The van der Waals surface area contributed by atoms with E-state index in [2.05, 4.69) is 26.5 Å². The van der Waals surface area contributed by atoms with Gasteiger partial charge in [-0.1, -0.05) is 46.0 Å². The fourth-order valence-corrected chi connectivity index (χ4v) is 2.87. The molecule has 0 aromatic carbocycles. The van der Waals surface area contributed by atoms with E-state index in [1.54, 1.807) is 0 Å². The van der Waals surface area contributed by atoms with Crippen LogP contribution in [0.5, 0.6) is 0 Å². The lowest BCUT2D eigenvalue weighted by Gasteiger charge is -2.32. The molecule has 0 radical (unpaired) electrons. The zero-order valence-corrected chi connectivity index (χ0v) is 10.0. The van der Waals surface area contributed by atoms with Gasteiger partial charge >= 0.3 is 0 Å². The zero-order chi connectivity index (χ0) is 9.68. The van der Waals surface area contributed by atoms with E-state index in [0.717, 1.165) is 23.5 Å². The molecular weight excluding hydrogens is 176 g/mol. The van der Waals surface area contributed by atoms with Gasteiger partial charge in [-0.3, -0.25) is 0 Å². The van der Waals surface area contributed by atoms with E-state index in [1.807, 2.05) is 0 Å². The lowest BCUT2D eigenvalue weighted by Crippen LogP contribution is -2.21. The monoisotopic (exact) mass is 200 g/mol. The van der Waals surface area contributed by atoms with E-state index < -0.39 is 0 Å². The van der Waals surface area contributed by atoms with Crippen LogP contribution in [0.25, 0.3) is 0 Å². The summed E-state index contributed by atoms with van der Waals surface area (Å²) < 4.78 is 0. The van der Waals surface area contributed by atoms with Crippen molar-refractivity contribution in [2.24, 2.45) is 17.8 Å². The topological polar surface area (TPSA) is 0 Å². The number of hydrogen-bond acceptors (Lipinski definition) is 1. The van der Waals surface area contributed by atoms with Crippen molar-refractivity contribution in [3.8, 4) is 0 Å². The zero-order valence-electron chi connectivity index (χ0n) is 9.13. The average Bonchev–Trinajstić information content (AvgIpc) is 2.18. The van der Waals surface area contributed by atoms with Gasteiger partial charge in [-0.15, -0.1) is 0 Å². The van der Waals surface area contributed by atoms with E-state index in [0.29, 0.717) is 0 Å².